The highest BCUT2D eigenvalue weighted by atomic mass is 35.5. The summed E-state index contributed by atoms with van der Waals surface area (Å²) in [5, 5.41) is 9.82. The molecule has 1 unspecified atom stereocenters. The van der Waals surface area contributed by atoms with E-state index >= 15 is 0 Å². The van der Waals surface area contributed by atoms with Crippen LogP contribution in [-0.2, 0) is 4.79 Å². The Hall–Kier alpha value is -2.83. The zero-order chi connectivity index (χ0) is 20.1. The molecule has 0 saturated carbocycles. The summed E-state index contributed by atoms with van der Waals surface area (Å²) in [6.07, 6.45) is 0. The second-order valence-electron chi connectivity index (χ2n) is 6.06. The number of halogens is 2. The van der Waals surface area contributed by atoms with E-state index < -0.39 is 5.91 Å². The van der Waals surface area contributed by atoms with E-state index in [2.05, 4.69) is 15.8 Å². The molecular weight excluding hydrogens is 401 g/mol. The maximum Gasteiger partial charge on any atom is 0.273 e. The Morgan fingerprint density at radius 1 is 1.11 bits per heavy atom. The fraction of sp³-hybridized carbons (Fsp3) is 0.150. The Morgan fingerprint density at radius 3 is 2.61 bits per heavy atom. The zero-order valence-electron chi connectivity index (χ0n) is 14.9. The molecule has 0 fully saturated rings. The molecule has 0 spiro atoms. The minimum atomic E-state index is -0.505. The van der Waals surface area contributed by atoms with Gasteiger partial charge in [-0.05, 0) is 18.6 Å². The molecule has 3 aromatic rings. The van der Waals surface area contributed by atoms with Crippen molar-refractivity contribution in [1.82, 2.24) is 15.8 Å². The molecule has 2 N–H and O–H groups in total. The number of carbonyl (C=O) groups is 2. The van der Waals surface area contributed by atoms with Crippen LogP contribution in [0.15, 0.2) is 59.1 Å². The second kappa shape index (κ2) is 8.91. The molecule has 0 aliphatic carbocycles. The fourth-order valence-electron chi connectivity index (χ4n) is 2.60. The summed E-state index contributed by atoms with van der Waals surface area (Å²) in [5.74, 6) is -0.405. The van der Waals surface area contributed by atoms with E-state index in [-0.39, 0.29) is 24.2 Å². The quantitative estimate of drug-likeness (QED) is 0.627. The van der Waals surface area contributed by atoms with Crippen molar-refractivity contribution in [2.24, 2.45) is 0 Å². The van der Waals surface area contributed by atoms with Crippen LogP contribution in [0.1, 0.15) is 29.0 Å². The van der Waals surface area contributed by atoms with Gasteiger partial charge in [-0.3, -0.25) is 9.59 Å². The van der Waals surface area contributed by atoms with Crippen molar-refractivity contribution in [1.29, 1.82) is 0 Å². The van der Waals surface area contributed by atoms with Gasteiger partial charge in [0.2, 0.25) is 5.91 Å². The molecular formula is C20H17Cl2N3O3. The number of hydrogen-bond acceptors (Lipinski definition) is 4. The van der Waals surface area contributed by atoms with Crippen molar-refractivity contribution < 1.29 is 14.1 Å². The van der Waals surface area contributed by atoms with Crippen molar-refractivity contribution in [3.05, 3.63) is 75.9 Å². The van der Waals surface area contributed by atoms with Crippen LogP contribution >= 0.6 is 23.2 Å². The number of carbonyl (C=O) groups excluding carboxylic acids is 2. The molecule has 1 aromatic heterocycles. The van der Waals surface area contributed by atoms with E-state index in [9.17, 15) is 9.59 Å². The molecule has 0 saturated heterocycles. The van der Waals surface area contributed by atoms with Crippen molar-refractivity contribution in [3.63, 3.8) is 0 Å². The third-order valence-electron chi connectivity index (χ3n) is 4.04. The van der Waals surface area contributed by atoms with Crippen molar-refractivity contribution in [2.75, 3.05) is 6.54 Å². The molecule has 1 heterocycles. The number of benzene rings is 2. The third kappa shape index (κ3) is 4.71. The van der Waals surface area contributed by atoms with Gasteiger partial charge < -0.3 is 15.2 Å². The van der Waals surface area contributed by atoms with E-state index in [1.54, 1.807) is 25.1 Å². The Kier molecular flexibility index (Phi) is 6.34. The number of nitrogens with one attached hydrogen (secondary N) is 2. The predicted octanol–water partition coefficient (Wildman–Crippen LogP) is 4.26. The third-order valence-corrected chi connectivity index (χ3v) is 4.87. The summed E-state index contributed by atoms with van der Waals surface area (Å²) >= 11 is 12.2. The highest BCUT2D eigenvalue weighted by molar-refractivity contribution is 6.42. The molecule has 0 aliphatic heterocycles. The van der Waals surface area contributed by atoms with E-state index in [1.807, 2.05) is 30.3 Å². The summed E-state index contributed by atoms with van der Waals surface area (Å²) in [5.41, 5.74) is 1.59. The lowest BCUT2D eigenvalue weighted by molar-refractivity contribution is -0.120. The van der Waals surface area contributed by atoms with E-state index in [4.69, 9.17) is 27.7 Å². The highest BCUT2D eigenvalue weighted by Crippen LogP contribution is 2.29. The van der Waals surface area contributed by atoms with Crippen LogP contribution in [0, 0.1) is 0 Å². The first-order valence-electron chi connectivity index (χ1n) is 8.49. The number of rotatable bonds is 6. The Morgan fingerprint density at radius 2 is 1.86 bits per heavy atom. The SMILES string of the molecule is CC(NC(=O)CNC(=O)c1cc(-c2ccccc2)on1)c1cccc(Cl)c1Cl. The molecule has 0 radical (unpaired) electrons. The smallest absolute Gasteiger partial charge is 0.273 e. The normalized spacial score (nSPS) is 11.7. The van der Waals surface area contributed by atoms with Crippen molar-refractivity contribution in [3.8, 4) is 11.3 Å². The largest absolute Gasteiger partial charge is 0.355 e. The lowest BCUT2D eigenvalue weighted by Gasteiger charge is -2.16. The molecule has 8 heteroatoms. The van der Waals surface area contributed by atoms with E-state index in [1.165, 1.54) is 6.07 Å². The molecule has 1 atom stereocenters. The maximum absolute atomic E-state index is 12.2. The van der Waals surface area contributed by atoms with Gasteiger partial charge in [-0.15, -0.1) is 0 Å². The number of aromatic nitrogens is 1. The van der Waals surface area contributed by atoms with Crippen LogP contribution in [0.3, 0.4) is 0 Å². The molecule has 28 heavy (non-hydrogen) atoms. The fourth-order valence-corrected chi connectivity index (χ4v) is 3.07. The van der Waals surface area contributed by atoms with Gasteiger partial charge >= 0.3 is 0 Å². The number of nitrogens with zero attached hydrogens (tertiary/aromatic N) is 1. The number of hydrogen-bond donors (Lipinski definition) is 2. The Bertz CT molecular complexity index is 989. The zero-order valence-corrected chi connectivity index (χ0v) is 16.4. The average Bonchev–Trinajstić information content (AvgIpc) is 3.19. The lowest BCUT2D eigenvalue weighted by atomic mass is 10.1. The van der Waals surface area contributed by atoms with Crippen LogP contribution in [0.4, 0.5) is 0 Å². The van der Waals surface area contributed by atoms with Crippen LogP contribution in [0.2, 0.25) is 10.0 Å². The van der Waals surface area contributed by atoms with E-state index in [0.29, 0.717) is 21.4 Å². The summed E-state index contributed by atoms with van der Waals surface area (Å²) < 4.78 is 5.19. The summed E-state index contributed by atoms with van der Waals surface area (Å²) in [6, 6.07) is 15.6. The highest BCUT2D eigenvalue weighted by Gasteiger charge is 2.17. The van der Waals surface area contributed by atoms with Gasteiger partial charge in [-0.25, -0.2) is 0 Å². The first-order chi connectivity index (χ1) is 13.5. The molecule has 3 rings (SSSR count). The molecule has 0 bridgehead atoms. The first kappa shape index (κ1) is 19.9. The summed E-state index contributed by atoms with van der Waals surface area (Å²) in [7, 11) is 0. The van der Waals surface area contributed by atoms with Crippen LogP contribution in [0.5, 0.6) is 0 Å². The molecule has 0 aliphatic rings. The minimum absolute atomic E-state index is 0.0950. The minimum Gasteiger partial charge on any atom is -0.355 e. The molecule has 2 aromatic carbocycles. The van der Waals surface area contributed by atoms with Crippen LogP contribution in [-0.4, -0.2) is 23.5 Å². The first-order valence-corrected chi connectivity index (χ1v) is 9.25. The van der Waals surface area contributed by atoms with Gasteiger partial charge in [0, 0.05) is 11.6 Å². The van der Waals surface area contributed by atoms with Gasteiger partial charge in [0.15, 0.2) is 11.5 Å². The predicted molar refractivity (Wildman–Crippen MR) is 107 cm³/mol. The number of amides is 2. The van der Waals surface area contributed by atoms with Gasteiger partial charge in [0.1, 0.15) is 0 Å². The molecule has 2 amide bonds. The Labute approximate surface area is 171 Å². The van der Waals surface area contributed by atoms with Gasteiger partial charge in [-0.2, -0.15) is 0 Å². The maximum atomic E-state index is 12.2. The molecule has 6 nitrogen and oxygen atoms in total. The summed E-state index contributed by atoms with van der Waals surface area (Å²) in [4.78, 5) is 24.3. The van der Waals surface area contributed by atoms with Gasteiger partial charge in [0.25, 0.3) is 5.91 Å². The van der Waals surface area contributed by atoms with Gasteiger partial charge in [-0.1, -0.05) is 70.8 Å². The lowest BCUT2D eigenvalue weighted by Crippen LogP contribution is -2.38. The van der Waals surface area contributed by atoms with E-state index in [0.717, 1.165) is 5.56 Å². The Balaban J connectivity index is 1.55. The van der Waals surface area contributed by atoms with Gasteiger partial charge in [0.05, 0.1) is 22.6 Å². The standard InChI is InChI=1S/C20H17Cl2N3O3/c1-12(14-8-5-9-15(21)19(14)22)24-18(26)11-23-20(27)16-10-17(28-25-16)13-6-3-2-4-7-13/h2-10,12H,11H2,1H3,(H,23,27)(H,24,26). The average molecular weight is 418 g/mol. The van der Waals surface area contributed by atoms with Crippen molar-refractivity contribution in [2.45, 2.75) is 13.0 Å². The second-order valence-corrected chi connectivity index (χ2v) is 6.84. The van der Waals surface area contributed by atoms with Crippen LogP contribution < -0.4 is 10.6 Å². The monoisotopic (exact) mass is 417 g/mol. The van der Waals surface area contributed by atoms with Crippen LogP contribution in [0.25, 0.3) is 11.3 Å². The summed E-state index contributed by atoms with van der Waals surface area (Å²) in [6.45, 7) is 1.57. The van der Waals surface area contributed by atoms with Crippen molar-refractivity contribution >= 4 is 35.0 Å². The molecule has 144 valence electrons. The topological polar surface area (TPSA) is 84.2 Å².